The zero-order chi connectivity index (χ0) is 10.3. The highest BCUT2D eigenvalue weighted by atomic mass is 19.1. The van der Waals surface area contributed by atoms with Crippen molar-refractivity contribution in [2.75, 3.05) is 0 Å². The molecule has 0 amide bonds. The molecule has 1 aliphatic carbocycles. The largest absolute Gasteiger partial charge is 0.393 e. The second-order valence-electron chi connectivity index (χ2n) is 4.75. The molecule has 0 heterocycles. The minimum Gasteiger partial charge on any atom is -0.393 e. The van der Waals surface area contributed by atoms with E-state index in [-0.39, 0.29) is 17.3 Å². The van der Waals surface area contributed by atoms with Crippen LogP contribution in [0.25, 0.3) is 0 Å². The van der Waals surface area contributed by atoms with Gasteiger partial charge < -0.3 is 5.11 Å². The lowest BCUT2D eigenvalue weighted by Gasteiger charge is -2.35. The maximum absolute atomic E-state index is 13.1. The smallest absolute Gasteiger partial charge is 0.123 e. The van der Waals surface area contributed by atoms with E-state index < -0.39 is 0 Å². The summed E-state index contributed by atoms with van der Waals surface area (Å²) >= 11 is 0. The Bertz CT molecular complexity index is 357. The molecule has 1 atom stereocenters. The molecule has 1 N–H and O–H groups in total. The highest BCUT2D eigenvalue weighted by molar-refractivity contribution is 5.37. The molecule has 0 bridgehead atoms. The monoisotopic (exact) mass is 194 g/mol. The van der Waals surface area contributed by atoms with Gasteiger partial charge in [-0.15, -0.1) is 0 Å². The van der Waals surface area contributed by atoms with Gasteiger partial charge in [-0.3, -0.25) is 0 Å². The summed E-state index contributed by atoms with van der Waals surface area (Å²) in [6, 6.07) is 4.85. The fraction of sp³-hybridized carbons (Fsp3) is 0.500. The third-order valence-corrected chi connectivity index (χ3v) is 3.00. The molecule has 1 aromatic rings. The average molecular weight is 194 g/mol. The molecule has 1 unspecified atom stereocenters. The summed E-state index contributed by atoms with van der Waals surface area (Å²) < 4.78 is 13.1. The Morgan fingerprint density at radius 2 is 2.14 bits per heavy atom. The lowest BCUT2D eigenvalue weighted by molar-refractivity contribution is 0.127. The molecule has 0 saturated heterocycles. The van der Waals surface area contributed by atoms with E-state index in [0.29, 0.717) is 12.8 Å². The van der Waals surface area contributed by atoms with Gasteiger partial charge in [-0.2, -0.15) is 0 Å². The summed E-state index contributed by atoms with van der Waals surface area (Å²) in [5.74, 6) is -0.187. The summed E-state index contributed by atoms with van der Waals surface area (Å²) in [5.41, 5.74) is 2.01. The second kappa shape index (κ2) is 3.06. The number of aliphatic hydroxyl groups is 1. The molecule has 0 fully saturated rings. The lowest BCUT2D eigenvalue weighted by atomic mass is 9.71. The summed E-state index contributed by atoms with van der Waals surface area (Å²) in [5, 5.41) is 9.67. The first-order valence-corrected chi connectivity index (χ1v) is 4.96. The van der Waals surface area contributed by atoms with Crippen LogP contribution in [0.2, 0.25) is 0 Å². The quantitative estimate of drug-likeness (QED) is 0.672. The number of rotatable bonds is 0. The molecular formula is C12H15FO. The molecule has 0 radical (unpaired) electrons. The van der Waals surface area contributed by atoms with Gasteiger partial charge in [0.25, 0.3) is 0 Å². The van der Waals surface area contributed by atoms with Crippen molar-refractivity contribution in [1.82, 2.24) is 0 Å². The molecule has 0 spiro atoms. The van der Waals surface area contributed by atoms with Crippen LogP contribution in [-0.4, -0.2) is 11.2 Å². The van der Waals surface area contributed by atoms with Gasteiger partial charge in [0.1, 0.15) is 5.82 Å². The van der Waals surface area contributed by atoms with Crippen molar-refractivity contribution in [3.8, 4) is 0 Å². The normalized spacial score (nSPS) is 24.4. The Morgan fingerprint density at radius 1 is 1.43 bits per heavy atom. The van der Waals surface area contributed by atoms with Crippen molar-refractivity contribution < 1.29 is 9.50 Å². The van der Waals surface area contributed by atoms with E-state index in [1.54, 1.807) is 12.1 Å². The topological polar surface area (TPSA) is 20.2 Å². The first-order valence-electron chi connectivity index (χ1n) is 4.96. The molecule has 76 valence electrons. The predicted molar refractivity (Wildman–Crippen MR) is 53.8 cm³/mol. The summed E-state index contributed by atoms with van der Waals surface area (Å²) in [4.78, 5) is 0. The van der Waals surface area contributed by atoms with Crippen LogP contribution >= 0.6 is 0 Å². The first kappa shape index (κ1) is 9.66. The van der Waals surface area contributed by atoms with E-state index in [1.807, 2.05) is 13.8 Å². The minimum atomic E-state index is -0.289. The van der Waals surface area contributed by atoms with Crippen LogP contribution in [0.5, 0.6) is 0 Å². The van der Waals surface area contributed by atoms with Gasteiger partial charge in [0.05, 0.1) is 6.10 Å². The molecule has 0 aliphatic heterocycles. The zero-order valence-corrected chi connectivity index (χ0v) is 8.55. The van der Waals surface area contributed by atoms with Crippen LogP contribution in [0.1, 0.15) is 31.4 Å². The molecule has 1 nitrogen and oxygen atoms in total. The highest BCUT2D eigenvalue weighted by Crippen LogP contribution is 2.36. The van der Waals surface area contributed by atoms with Gasteiger partial charge in [-0.05, 0) is 41.5 Å². The van der Waals surface area contributed by atoms with Gasteiger partial charge >= 0.3 is 0 Å². The standard InChI is InChI=1S/C12H15FO/c1-12(2)7-10(14)5-8-3-4-9(13)6-11(8)12/h3-4,6,10,14H,5,7H2,1-2H3. The van der Waals surface area contributed by atoms with Crippen molar-refractivity contribution in [1.29, 1.82) is 0 Å². The molecular weight excluding hydrogens is 179 g/mol. The van der Waals surface area contributed by atoms with Gasteiger partial charge in [0, 0.05) is 0 Å². The van der Waals surface area contributed by atoms with Crippen molar-refractivity contribution in [3.63, 3.8) is 0 Å². The molecule has 0 aromatic heterocycles. The van der Waals surface area contributed by atoms with E-state index in [0.717, 1.165) is 11.1 Å². The van der Waals surface area contributed by atoms with Crippen LogP contribution in [0.3, 0.4) is 0 Å². The van der Waals surface area contributed by atoms with Gasteiger partial charge in [0.15, 0.2) is 0 Å². The number of hydrogen-bond acceptors (Lipinski definition) is 1. The fourth-order valence-electron chi connectivity index (χ4n) is 2.38. The van der Waals surface area contributed by atoms with Crippen LogP contribution in [0.4, 0.5) is 4.39 Å². The number of benzene rings is 1. The third-order valence-electron chi connectivity index (χ3n) is 3.00. The third kappa shape index (κ3) is 1.55. The molecule has 2 rings (SSSR count). The van der Waals surface area contributed by atoms with Gasteiger partial charge in [0.2, 0.25) is 0 Å². The van der Waals surface area contributed by atoms with Crippen LogP contribution in [-0.2, 0) is 11.8 Å². The zero-order valence-electron chi connectivity index (χ0n) is 8.55. The number of hydrogen-bond donors (Lipinski definition) is 1. The van der Waals surface area contributed by atoms with E-state index in [9.17, 15) is 9.50 Å². The Kier molecular flexibility index (Phi) is 2.11. The number of fused-ring (bicyclic) bond motifs is 1. The Balaban J connectivity index is 2.53. The molecule has 0 saturated carbocycles. The molecule has 2 heteroatoms. The van der Waals surface area contributed by atoms with E-state index in [4.69, 9.17) is 0 Å². The summed E-state index contributed by atoms with van der Waals surface area (Å²) in [7, 11) is 0. The van der Waals surface area contributed by atoms with E-state index in [2.05, 4.69) is 0 Å². The average Bonchev–Trinajstić information content (AvgIpc) is 2.05. The maximum Gasteiger partial charge on any atom is 0.123 e. The van der Waals surface area contributed by atoms with Gasteiger partial charge in [-0.1, -0.05) is 19.9 Å². The Morgan fingerprint density at radius 3 is 2.86 bits per heavy atom. The summed E-state index contributed by atoms with van der Waals surface area (Å²) in [6.45, 7) is 4.10. The van der Waals surface area contributed by atoms with Crippen molar-refractivity contribution in [2.24, 2.45) is 0 Å². The second-order valence-corrected chi connectivity index (χ2v) is 4.75. The predicted octanol–water partition coefficient (Wildman–Crippen LogP) is 2.41. The molecule has 14 heavy (non-hydrogen) atoms. The summed E-state index contributed by atoms with van der Waals surface area (Å²) in [6.07, 6.45) is 1.07. The van der Waals surface area contributed by atoms with Gasteiger partial charge in [-0.25, -0.2) is 4.39 Å². The van der Waals surface area contributed by atoms with Crippen molar-refractivity contribution in [3.05, 3.63) is 35.1 Å². The molecule has 1 aromatic carbocycles. The lowest BCUT2D eigenvalue weighted by Crippen LogP contribution is -2.32. The van der Waals surface area contributed by atoms with E-state index >= 15 is 0 Å². The van der Waals surface area contributed by atoms with E-state index in [1.165, 1.54) is 6.07 Å². The number of aliphatic hydroxyl groups excluding tert-OH is 1. The minimum absolute atomic E-state index is 0.116. The van der Waals surface area contributed by atoms with Crippen LogP contribution in [0, 0.1) is 5.82 Å². The van der Waals surface area contributed by atoms with Crippen molar-refractivity contribution >= 4 is 0 Å². The van der Waals surface area contributed by atoms with Crippen molar-refractivity contribution in [2.45, 2.75) is 38.2 Å². The maximum atomic E-state index is 13.1. The molecule has 1 aliphatic rings. The van der Waals surface area contributed by atoms with Crippen LogP contribution in [0.15, 0.2) is 18.2 Å². The fourth-order valence-corrected chi connectivity index (χ4v) is 2.38. The Hall–Kier alpha value is -0.890. The Labute approximate surface area is 83.6 Å². The SMILES string of the molecule is CC1(C)CC(O)Cc2ccc(F)cc21. The van der Waals surface area contributed by atoms with Crippen LogP contribution < -0.4 is 0 Å². The highest BCUT2D eigenvalue weighted by Gasteiger charge is 2.32. The number of halogens is 1. The first-order chi connectivity index (χ1) is 6.49.